The molecule has 0 aromatic carbocycles. The quantitative estimate of drug-likeness (QED) is 0.706. The van der Waals surface area contributed by atoms with Crippen LogP contribution < -0.4 is 0 Å². The third-order valence-electron chi connectivity index (χ3n) is 1.72. The molecule has 0 aliphatic heterocycles. The molecule has 0 radical (unpaired) electrons. The SMILES string of the molecule is COCN(C)CCc1ccc(Cl)s1. The molecule has 0 aliphatic carbocycles. The van der Waals surface area contributed by atoms with Crippen molar-refractivity contribution in [3.05, 3.63) is 21.3 Å². The van der Waals surface area contributed by atoms with Crippen LogP contribution >= 0.6 is 22.9 Å². The van der Waals surface area contributed by atoms with E-state index < -0.39 is 0 Å². The Morgan fingerprint density at radius 2 is 2.31 bits per heavy atom. The number of thiophene rings is 1. The van der Waals surface area contributed by atoms with Crippen LogP contribution in [0.4, 0.5) is 0 Å². The first-order chi connectivity index (χ1) is 6.22. The number of ether oxygens (including phenoxy) is 1. The smallest absolute Gasteiger partial charge is 0.0984 e. The van der Waals surface area contributed by atoms with Crippen molar-refractivity contribution in [2.45, 2.75) is 6.42 Å². The highest BCUT2D eigenvalue weighted by Crippen LogP contribution is 2.21. The minimum absolute atomic E-state index is 0.680. The van der Waals surface area contributed by atoms with Gasteiger partial charge in [-0.2, -0.15) is 0 Å². The van der Waals surface area contributed by atoms with Crippen LogP contribution in [-0.2, 0) is 11.2 Å². The van der Waals surface area contributed by atoms with E-state index in [0.717, 1.165) is 17.3 Å². The van der Waals surface area contributed by atoms with Gasteiger partial charge in [-0.25, -0.2) is 0 Å². The van der Waals surface area contributed by atoms with Crippen molar-refractivity contribution in [2.24, 2.45) is 0 Å². The summed E-state index contributed by atoms with van der Waals surface area (Å²) in [6.07, 6.45) is 1.04. The number of methoxy groups -OCH3 is 1. The van der Waals surface area contributed by atoms with Gasteiger partial charge in [0.1, 0.15) is 0 Å². The Morgan fingerprint density at radius 3 is 2.85 bits per heavy atom. The molecule has 0 saturated carbocycles. The predicted octanol–water partition coefficient (Wildman–Crippen LogP) is 2.48. The van der Waals surface area contributed by atoms with Gasteiger partial charge >= 0.3 is 0 Å². The monoisotopic (exact) mass is 219 g/mol. The second-order valence-electron chi connectivity index (χ2n) is 2.95. The highest BCUT2D eigenvalue weighted by Gasteiger charge is 2.00. The molecule has 0 N–H and O–H groups in total. The molecular formula is C9H14ClNOS. The summed E-state index contributed by atoms with van der Waals surface area (Å²) < 4.78 is 5.87. The summed E-state index contributed by atoms with van der Waals surface area (Å²) in [4.78, 5) is 3.46. The number of hydrogen-bond acceptors (Lipinski definition) is 3. The Bertz CT molecular complexity index is 252. The summed E-state index contributed by atoms with van der Waals surface area (Å²) in [5.74, 6) is 0. The Labute approximate surface area is 88.1 Å². The number of likely N-dealkylation sites (N-methyl/N-ethyl adjacent to an activating group) is 1. The largest absolute Gasteiger partial charge is 0.369 e. The summed E-state index contributed by atoms with van der Waals surface area (Å²) in [5, 5.41) is 0. The van der Waals surface area contributed by atoms with Gasteiger partial charge in [0.15, 0.2) is 0 Å². The Kier molecular flexibility index (Phi) is 4.73. The zero-order valence-electron chi connectivity index (χ0n) is 7.92. The first-order valence-corrected chi connectivity index (χ1v) is 5.33. The van der Waals surface area contributed by atoms with Crippen LogP contribution in [0.5, 0.6) is 0 Å². The maximum atomic E-state index is 5.82. The van der Waals surface area contributed by atoms with Crippen LogP contribution in [0.1, 0.15) is 4.88 Å². The van der Waals surface area contributed by atoms with E-state index in [1.54, 1.807) is 18.4 Å². The fourth-order valence-electron chi connectivity index (χ4n) is 1.07. The van der Waals surface area contributed by atoms with Gasteiger partial charge in [-0.3, -0.25) is 4.90 Å². The third-order valence-corrected chi connectivity index (χ3v) is 3.01. The molecule has 1 aromatic heterocycles. The molecule has 1 heterocycles. The van der Waals surface area contributed by atoms with Crippen molar-refractivity contribution in [1.29, 1.82) is 0 Å². The van der Waals surface area contributed by atoms with Crippen LogP contribution in [0.25, 0.3) is 0 Å². The maximum Gasteiger partial charge on any atom is 0.0984 e. The van der Waals surface area contributed by atoms with Gasteiger partial charge in [-0.1, -0.05) is 11.6 Å². The van der Waals surface area contributed by atoms with Crippen LogP contribution in [0.2, 0.25) is 4.34 Å². The summed E-state index contributed by atoms with van der Waals surface area (Å²) >= 11 is 7.46. The van der Waals surface area contributed by atoms with Crippen LogP contribution in [-0.4, -0.2) is 32.3 Å². The van der Waals surface area contributed by atoms with Gasteiger partial charge < -0.3 is 4.74 Å². The summed E-state index contributed by atoms with van der Waals surface area (Å²) in [6.45, 7) is 1.68. The Balaban J connectivity index is 2.26. The summed E-state index contributed by atoms with van der Waals surface area (Å²) in [5.41, 5.74) is 0. The summed E-state index contributed by atoms with van der Waals surface area (Å²) in [6, 6.07) is 4.02. The van der Waals surface area contributed by atoms with Crippen molar-refractivity contribution in [2.75, 3.05) is 27.4 Å². The minimum Gasteiger partial charge on any atom is -0.369 e. The molecule has 0 bridgehead atoms. The number of halogens is 1. The molecule has 1 rings (SSSR count). The Hall–Kier alpha value is -0.0900. The van der Waals surface area contributed by atoms with Gasteiger partial charge in [0.05, 0.1) is 11.1 Å². The topological polar surface area (TPSA) is 12.5 Å². The standard InChI is InChI=1S/C9H14ClNOS/c1-11(7-12-2)6-5-8-3-4-9(10)13-8/h3-4H,5-7H2,1-2H3. The van der Waals surface area contributed by atoms with Gasteiger partial charge in [-0.15, -0.1) is 11.3 Å². The molecule has 0 unspecified atom stereocenters. The molecule has 0 saturated heterocycles. The highest BCUT2D eigenvalue weighted by molar-refractivity contribution is 7.16. The van der Waals surface area contributed by atoms with Gasteiger partial charge in [0.25, 0.3) is 0 Å². The Morgan fingerprint density at radius 1 is 1.54 bits per heavy atom. The normalized spacial score (nSPS) is 11.1. The van der Waals surface area contributed by atoms with E-state index in [9.17, 15) is 0 Å². The average Bonchev–Trinajstić information content (AvgIpc) is 2.49. The van der Waals surface area contributed by atoms with Gasteiger partial charge in [-0.05, 0) is 25.6 Å². The van der Waals surface area contributed by atoms with Crippen molar-refractivity contribution >= 4 is 22.9 Å². The zero-order valence-corrected chi connectivity index (χ0v) is 9.49. The van der Waals surface area contributed by atoms with Crippen molar-refractivity contribution in [1.82, 2.24) is 4.90 Å². The van der Waals surface area contributed by atoms with Gasteiger partial charge in [0.2, 0.25) is 0 Å². The lowest BCUT2D eigenvalue weighted by molar-refractivity contribution is 0.0828. The summed E-state index contributed by atoms with van der Waals surface area (Å²) in [7, 11) is 3.75. The van der Waals surface area contributed by atoms with E-state index in [2.05, 4.69) is 11.0 Å². The fourth-order valence-corrected chi connectivity index (χ4v) is 2.15. The molecular weight excluding hydrogens is 206 g/mol. The minimum atomic E-state index is 0.680. The van der Waals surface area contributed by atoms with Crippen molar-refractivity contribution in [3.8, 4) is 0 Å². The van der Waals surface area contributed by atoms with Crippen LogP contribution in [0.15, 0.2) is 12.1 Å². The molecule has 0 amide bonds. The van der Waals surface area contributed by atoms with Crippen LogP contribution in [0.3, 0.4) is 0 Å². The van der Waals surface area contributed by atoms with Gasteiger partial charge in [0, 0.05) is 18.5 Å². The fraction of sp³-hybridized carbons (Fsp3) is 0.556. The van der Waals surface area contributed by atoms with Crippen LogP contribution in [0, 0.1) is 0 Å². The van der Waals surface area contributed by atoms with E-state index in [0.29, 0.717) is 6.73 Å². The maximum absolute atomic E-state index is 5.82. The number of hydrogen-bond donors (Lipinski definition) is 0. The van der Waals surface area contributed by atoms with E-state index in [1.807, 2.05) is 13.1 Å². The zero-order chi connectivity index (χ0) is 9.68. The number of nitrogens with zero attached hydrogens (tertiary/aromatic N) is 1. The first kappa shape index (κ1) is 11.0. The van der Waals surface area contributed by atoms with E-state index >= 15 is 0 Å². The lowest BCUT2D eigenvalue weighted by Crippen LogP contribution is -2.23. The molecule has 0 aliphatic rings. The molecule has 13 heavy (non-hydrogen) atoms. The molecule has 74 valence electrons. The third kappa shape index (κ3) is 4.09. The molecule has 4 heteroatoms. The van der Waals surface area contributed by atoms with E-state index in [4.69, 9.17) is 16.3 Å². The second kappa shape index (κ2) is 5.60. The molecule has 0 fully saturated rings. The second-order valence-corrected chi connectivity index (χ2v) is 4.75. The molecule has 0 spiro atoms. The molecule has 1 aromatic rings. The van der Waals surface area contributed by atoms with E-state index in [-0.39, 0.29) is 0 Å². The predicted molar refractivity (Wildman–Crippen MR) is 57.5 cm³/mol. The lowest BCUT2D eigenvalue weighted by Gasteiger charge is -2.13. The highest BCUT2D eigenvalue weighted by atomic mass is 35.5. The number of rotatable bonds is 5. The first-order valence-electron chi connectivity index (χ1n) is 4.14. The van der Waals surface area contributed by atoms with Crippen molar-refractivity contribution < 1.29 is 4.74 Å². The van der Waals surface area contributed by atoms with Crippen molar-refractivity contribution in [3.63, 3.8) is 0 Å². The van der Waals surface area contributed by atoms with E-state index in [1.165, 1.54) is 4.88 Å². The molecule has 0 atom stereocenters. The molecule has 2 nitrogen and oxygen atoms in total. The lowest BCUT2D eigenvalue weighted by atomic mass is 10.3. The average molecular weight is 220 g/mol.